The molecule has 1 saturated heterocycles. The summed E-state index contributed by atoms with van der Waals surface area (Å²) >= 11 is 0. The quantitative estimate of drug-likeness (QED) is 0.591. The molecule has 3 N–H and O–H groups in total. The van der Waals surface area contributed by atoms with Gasteiger partial charge in [0.1, 0.15) is 11.9 Å². The molecular formula is C15H22O5. The van der Waals surface area contributed by atoms with E-state index in [0.29, 0.717) is 6.42 Å². The highest BCUT2D eigenvalue weighted by Gasteiger charge is 2.91. The van der Waals surface area contributed by atoms with E-state index in [9.17, 15) is 20.1 Å². The molecule has 0 aromatic rings. The van der Waals surface area contributed by atoms with Crippen molar-refractivity contribution >= 4 is 5.78 Å². The van der Waals surface area contributed by atoms with Crippen molar-refractivity contribution in [3.05, 3.63) is 0 Å². The Balaban J connectivity index is 2.10. The molecule has 0 amide bonds. The summed E-state index contributed by atoms with van der Waals surface area (Å²) in [6.45, 7) is 5.54. The highest BCUT2D eigenvalue weighted by atomic mass is 16.6. The maximum Gasteiger partial charge on any atom is 0.206 e. The number of carbonyl (C=O) groups excluding carboxylic acids is 1. The molecule has 1 aliphatic heterocycles. The molecule has 0 radical (unpaired) electrons. The van der Waals surface area contributed by atoms with Crippen molar-refractivity contribution in [1.29, 1.82) is 0 Å². The van der Waals surface area contributed by atoms with Crippen LogP contribution in [0.5, 0.6) is 0 Å². The van der Waals surface area contributed by atoms with E-state index in [-0.39, 0.29) is 24.7 Å². The fourth-order valence-electron chi connectivity index (χ4n) is 6.15. The number of rotatable bonds is 0. The molecule has 0 aromatic carbocycles. The van der Waals surface area contributed by atoms with Crippen LogP contribution in [0.3, 0.4) is 0 Å². The van der Waals surface area contributed by atoms with Crippen LogP contribution in [0.1, 0.15) is 40.0 Å². The number of ether oxygens (including phenoxy) is 1. The van der Waals surface area contributed by atoms with Gasteiger partial charge in [-0.05, 0) is 25.7 Å². The van der Waals surface area contributed by atoms with Gasteiger partial charge in [-0.1, -0.05) is 13.8 Å². The largest absolute Gasteiger partial charge is 0.388 e. The predicted octanol–water partition coefficient (Wildman–Crippen LogP) is 0.212. The van der Waals surface area contributed by atoms with E-state index < -0.39 is 33.7 Å². The zero-order valence-corrected chi connectivity index (χ0v) is 12.1. The van der Waals surface area contributed by atoms with E-state index in [1.54, 1.807) is 6.92 Å². The molecule has 4 bridgehead atoms. The molecule has 0 aromatic heterocycles. The highest BCUT2D eigenvalue weighted by molar-refractivity contribution is 5.91. The van der Waals surface area contributed by atoms with Crippen LogP contribution in [0, 0.1) is 22.2 Å². The summed E-state index contributed by atoms with van der Waals surface area (Å²) in [6, 6.07) is 0. The second-order valence-electron chi connectivity index (χ2n) is 7.79. The number of ketones is 1. The molecule has 20 heavy (non-hydrogen) atoms. The molecule has 5 fully saturated rings. The molecule has 1 unspecified atom stereocenters. The number of carbonyl (C=O) groups is 1. The maximum atomic E-state index is 12.8. The maximum absolute atomic E-state index is 12.8. The summed E-state index contributed by atoms with van der Waals surface area (Å²) in [6.07, 6.45) is 0.201. The number of hydrogen-bond donors (Lipinski definition) is 3. The molecule has 5 heteroatoms. The third-order valence-electron chi connectivity index (χ3n) is 7.77. The first-order valence-corrected chi connectivity index (χ1v) is 7.42. The van der Waals surface area contributed by atoms with Crippen molar-refractivity contribution in [3.63, 3.8) is 0 Å². The molecule has 1 spiro atoms. The lowest BCUT2D eigenvalue weighted by Gasteiger charge is -2.69. The van der Waals surface area contributed by atoms with E-state index in [0.717, 1.165) is 6.42 Å². The van der Waals surface area contributed by atoms with Crippen molar-refractivity contribution in [2.75, 3.05) is 6.61 Å². The Kier molecular flexibility index (Phi) is 1.98. The number of hydrogen-bond acceptors (Lipinski definition) is 5. The average molecular weight is 282 g/mol. The van der Waals surface area contributed by atoms with Crippen LogP contribution in [0.4, 0.5) is 0 Å². The van der Waals surface area contributed by atoms with Crippen LogP contribution in [0.15, 0.2) is 0 Å². The summed E-state index contributed by atoms with van der Waals surface area (Å²) in [7, 11) is 0. The lowest BCUT2D eigenvalue weighted by atomic mass is 9.35. The second kappa shape index (κ2) is 3.00. The molecule has 112 valence electrons. The van der Waals surface area contributed by atoms with Crippen molar-refractivity contribution in [1.82, 2.24) is 0 Å². The minimum atomic E-state index is -1.87. The fraction of sp³-hybridized carbons (Fsp3) is 0.933. The highest BCUT2D eigenvalue weighted by Crippen LogP contribution is 2.79. The van der Waals surface area contributed by atoms with Gasteiger partial charge in [0.2, 0.25) is 5.79 Å². The van der Waals surface area contributed by atoms with Crippen molar-refractivity contribution in [3.8, 4) is 0 Å². The van der Waals surface area contributed by atoms with Crippen molar-refractivity contribution < 1.29 is 24.9 Å². The number of aliphatic hydroxyl groups excluding tert-OH is 1. The van der Waals surface area contributed by atoms with Gasteiger partial charge in [-0.25, -0.2) is 0 Å². The van der Waals surface area contributed by atoms with Crippen LogP contribution in [-0.2, 0) is 9.53 Å². The Hall–Kier alpha value is -0.490. The Labute approximate surface area is 117 Å². The first-order valence-electron chi connectivity index (χ1n) is 7.42. The minimum Gasteiger partial charge on any atom is -0.388 e. The lowest BCUT2D eigenvalue weighted by molar-refractivity contribution is -0.368. The smallest absolute Gasteiger partial charge is 0.206 e. The summed E-state index contributed by atoms with van der Waals surface area (Å²) in [5, 5.41) is 33.3. The molecule has 4 aliphatic carbocycles. The Morgan fingerprint density at radius 1 is 1.30 bits per heavy atom. The van der Waals surface area contributed by atoms with Crippen LogP contribution in [0.2, 0.25) is 0 Å². The molecule has 7 atom stereocenters. The summed E-state index contributed by atoms with van der Waals surface area (Å²) in [5.41, 5.74) is -4.25. The summed E-state index contributed by atoms with van der Waals surface area (Å²) in [4.78, 5) is 12.8. The van der Waals surface area contributed by atoms with Gasteiger partial charge >= 0.3 is 0 Å². The molecule has 4 saturated carbocycles. The molecule has 5 aliphatic rings. The van der Waals surface area contributed by atoms with Gasteiger partial charge in [0.25, 0.3) is 0 Å². The molecule has 5 rings (SSSR count). The van der Waals surface area contributed by atoms with Gasteiger partial charge < -0.3 is 20.1 Å². The van der Waals surface area contributed by atoms with E-state index in [1.165, 1.54) is 0 Å². The van der Waals surface area contributed by atoms with Crippen molar-refractivity contribution in [2.24, 2.45) is 22.2 Å². The van der Waals surface area contributed by atoms with Gasteiger partial charge in [-0.2, -0.15) is 0 Å². The topological polar surface area (TPSA) is 87.0 Å². The van der Waals surface area contributed by atoms with Crippen LogP contribution < -0.4 is 0 Å². The van der Waals surface area contributed by atoms with Gasteiger partial charge in [0.15, 0.2) is 0 Å². The number of aliphatic hydroxyl groups is 3. The second-order valence-corrected chi connectivity index (χ2v) is 7.79. The minimum absolute atomic E-state index is 0.0242. The SMILES string of the molecule is C[C@@H]1CC[C@]2(O)[C@]3(C)CO[C@@]4(O)C(O)[C@]12CC(=O)[C@@]34C. The van der Waals surface area contributed by atoms with E-state index in [2.05, 4.69) is 0 Å². The van der Waals surface area contributed by atoms with Crippen LogP contribution >= 0.6 is 0 Å². The Morgan fingerprint density at radius 2 is 1.95 bits per heavy atom. The number of Topliss-reactive ketones (excluding diaryl/α,β-unsaturated/α-hetero) is 1. The van der Waals surface area contributed by atoms with E-state index in [4.69, 9.17) is 4.74 Å². The Morgan fingerprint density at radius 3 is 2.60 bits per heavy atom. The average Bonchev–Trinajstić information content (AvgIpc) is 2.77. The third kappa shape index (κ3) is 0.794. The van der Waals surface area contributed by atoms with Crippen LogP contribution in [-0.4, -0.2) is 45.2 Å². The van der Waals surface area contributed by atoms with E-state index >= 15 is 0 Å². The first-order chi connectivity index (χ1) is 9.12. The van der Waals surface area contributed by atoms with Crippen molar-refractivity contribution in [2.45, 2.75) is 57.5 Å². The zero-order valence-electron chi connectivity index (χ0n) is 12.1. The normalized spacial score (nSPS) is 67.6. The van der Waals surface area contributed by atoms with E-state index in [1.807, 2.05) is 13.8 Å². The molecule has 1 heterocycles. The number of fused-ring (bicyclic) bond motifs is 1. The van der Waals surface area contributed by atoms with Gasteiger partial charge in [-0.3, -0.25) is 4.79 Å². The van der Waals surface area contributed by atoms with Crippen LogP contribution in [0.25, 0.3) is 0 Å². The third-order valence-corrected chi connectivity index (χ3v) is 7.77. The first kappa shape index (κ1) is 13.2. The Bertz CT molecular complexity index is 534. The fourth-order valence-corrected chi connectivity index (χ4v) is 6.15. The summed E-state index contributed by atoms with van der Waals surface area (Å²) < 4.78 is 5.56. The zero-order chi connectivity index (χ0) is 14.8. The summed E-state index contributed by atoms with van der Waals surface area (Å²) in [5.74, 6) is -1.99. The molecule has 5 nitrogen and oxygen atoms in total. The van der Waals surface area contributed by atoms with Gasteiger partial charge in [-0.15, -0.1) is 0 Å². The lowest BCUT2D eigenvalue weighted by Crippen LogP contribution is -2.83. The van der Waals surface area contributed by atoms with Gasteiger partial charge in [0.05, 0.1) is 17.6 Å². The predicted molar refractivity (Wildman–Crippen MR) is 68.5 cm³/mol. The standard InChI is InChI=1S/C15H22O5/c1-8-4-5-14(18)11(2)7-20-15(19)10(17)13(8,14)6-9(16)12(11,15)3/h8,10,17-19H,4-7H2,1-3H3/t8-,10?,11-,12+,13+,14+,15+/m1/s1. The van der Waals surface area contributed by atoms with Gasteiger partial charge in [0, 0.05) is 17.3 Å². The monoisotopic (exact) mass is 282 g/mol. The molecular weight excluding hydrogens is 260 g/mol.